The number of nitrogens with zero attached hydrogens (tertiary/aromatic N) is 1. The monoisotopic (exact) mass is 414 g/mol. The fourth-order valence-corrected chi connectivity index (χ4v) is 2.75. The second-order valence-electron chi connectivity index (χ2n) is 7.00. The Balaban J connectivity index is 0.000000637. The highest BCUT2D eigenvalue weighted by Gasteiger charge is 2.12. The van der Waals surface area contributed by atoms with E-state index in [-0.39, 0.29) is 17.3 Å². The number of carbonyl (C=O) groups is 1. The van der Waals surface area contributed by atoms with Gasteiger partial charge in [0.1, 0.15) is 5.69 Å². The van der Waals surface area contributed by atoms with Gasteiger partial charge < -0.3 is 16.4 Å². The third kappa shape index (κ3) is 11.8. The van der Waals surface area contributed by atoms with E-state index in [1.165, 1.54) is 44.2 Å². The number of benzene rings is 2. The Morgan fingerprint density at radius 1 is 0.967 bits per heavy atom. The van der Waals surface area contributed by atoms with Crippen molar-refractivity contribution in [3.8, 4) is 0 Å². The standard InChI is InChI=1S/C17H28N4O3.C6H6/c1-2-3-4-5-6-7-11-19-12-10-17(22)20-14-8-9-15(18)16(13-14)21(23)24;1-2-4-6-5-3-1/h8-9,13,19H,2-7,10-12,18H2,1H3,(H,20,22);1-6H. The van der Waals surface area contributed by atoms with E-state index < -0.39 is 4.92 Å². The van der Waals surface area contributed by atoms with E-state index in [0.29, 0.717) is 18.7 Å². The van der Waals surface area contributed by atoms with Crippen molar-refractivity contribution in [1.82, 2.24) is 5.32 Å². The first-order valence-corrected chi connectivity index (χ1v) is 10.6. The Morgan fingerprint density at radius 3 is 2.17 bits per heavy atom. The van der Waals surface area contributed by atoms with Crippen molar-refractivity contribution in [1.29, 1.82) is 0 Å². The number of nitro groups is 1. The first kappa shape index (κ1) is 25.1. The summed E-state index contributed by atoms with van der Waals surface area (Å²) in [4.78, 5) is 22.1. The van der Waals surface area contributed by atoms with Gasteiger partial charge in [-0.25, -0.2) is 0 Å². The molecule has 4 N–H and O–H groups in total. The predicted molar refractivity (Wildman–Crippen MR) is 123 cm³/mol. The predicted octanol–water partition coefficient (Wildman–Crippen LogP) is 5.14. The van der Waals surface area contributed by atoms with Crippen LogP contribution in [0, 0.1) is 10.1 Å². The molecule has 30 heavy (non-hydrogen) atoms. The van der Waals surface area contributed by atoms with Crippen LogP contribution in [0.4, 0.5) is 17.1 Å². The van der Waals surface area contributed by atoms with Gasteiger partial charge in [0, 0.05) is 24.7 Å². The SMILES string of the molecule is CCCCCCCCNCCC(=O)Nc1ccc(N)c([N+](=O)[O-])c1.c1ccccc1. The fraction of sp³-hybridized carbons (Fsp3) is 0.435. The Morgan fingerprint density at radius 2 is 1.57 bits per heavy atom. The molecule has 164 valence electrons. The molecule has 0 saturated heterocycles. The molecule has 0 radical (unpaired) electrons. The van der Waals surface area contributed by atoms with Crippen molar-refractivity contribution in [3.05, 3.63) is 64.7 Å². The van der Waals surface area contributed by atoms with Crippen molar-refractivity contribution in [2.24, 2.45) is 0 Å². The first-order chi connectivity index (χ1) is 14.5. The summed E-state index contributed by atoms with van der Waals surface area (Å²) in [5, 5.41) is 16.7. The van der Waals surface area contributed by atoms with Gasteiger partial charge in [0.15, 0.2) is 0 Å². The fourth-order valence-electron chi connectivity index (χ4n) is 2.75. The Hall–Kier alpha value is -2.93. The number of hydrogen-bond donors (Lipinski definition) is 3. The minimum absolute atomic E-state index is 0.0820. The molecule has 2 aromatic rings. The maximum atomic E-state index is 11.8. The number of nitrogens with one attached hydrogen (secondary N) is 2. The molecule has 0 atom stereocenters. The van der Waals surface area contributed by atoms with Crippen LogP contribution in [0.2, 0.25) is 0 Å². The number of rotatable bonds is 12. The lowest BCUT2D eigenvalue weighted by molar-refractivity contribution is -0.383. The van der Waals surface area contributed by atoms with E-state index in [9.17, 15) is 14.9 Å². The second kappa shape index (κ2) is 15.9. The molecule has 0 bridgehead atoms. The number of anilines is 2. The molecule has 0 aromatic heterocycles. The van der Waals surface area contributed by atoms with Gasteiger partial charge in [-0.05, 0) is 25.1 Å². The summed E-state index contributed by atoms with van der Waals surface area (Å²) in [5.74, 6) is -0.176. The average molecular weight is 415 g/mol. The van der Waals surface area contributed by atoms with E-state index in [1.54, 1.807) is 6.07 Å². The van der Waals surface area contributed by atoms with E-state index in [0.717, 1.165) is 13.0 Å². The van der Waals surface area contributed by atoms with Gasteiger partial charge in [-0.1, -0.05) is 75.4 Å². The van der Waals surface area contributed by atoms with E-state index in [4.69, 9.17) is 5.73 Å². The van der Waals surface area contributed by atoms with Gasteiger partial charge in [-0.15, -0.1) is 0 Å². The number of carbonyl (C=O) groups excluding carboxylic acids is 1. The molecule has 0 fully saturated rings. The van der Waals surface area contributed by atoms with Crippen LogP contribution >= 0.6 is 0 Å². The van der Waals surface area contributed by atoms with Crippen LogP contribution in [0.25, 0.3) is 0 Å². The summed E-state index contributed by atoms with van der Waals surface area (Å²) in [6.45, 7) is 3.71. The third-order valence-electron chi connectivity index (χ3n) is 4.41. The maximum absolute atomic E-state index is 11.8. The molecule has 0 unspecified atom stereocenters. The molecule has 0 aliphatic carbocycles. The molecule has 0 spiro atoms. The van der Waals surface area contributed by atoms with Gasteiger partial charge in [0.25, 0.3) is 5.69 Å². The molecular formula is C23H34N4O3. The zero-order valence-corrected chi connectivity index (χ0v) is 17.8. The highest BCUT2D eigenvalue weighted by Crippen LogP contribution is 2.24. The van der Waals surface area contributed by atoms with Gasteiger partial charge in [0.2, 0.25) is 5.91 Å². The lowest BCUT2D eigenvalue weighted by atomic mass is 10.1. The third-order valence-corrected chi connectivity index (χ3v) is 4.41. The van der Waals surface area contributed by atoms with Crippen molar-refractivity contribution in [3.63, 3.8) is 0 Å². The molecule has 2 aromatic carbocycles. The number of amides is 1. The normalized spacial score (nSPS) is 10.0. The molecule has 0 aliphatic rings. The first-order valence-electron chi connectivity index (χ1n) is 10.6. The minimum atomic E-state index is -0.562. The number of nitrogen functional groups attached to an aromatic ring is 1. The highest BCUT2D eigenvalue weighted by atomic mass is 16.6. The van der Waals surface area contributed by atoms with Crippen molar-refractivity contribution in [2.75, 3.05) is 24.1 Å². The van der Waals surface area contributed by atoms with Crippen LogP contribution in [-0.4, -0.2) is 23.9 Å². The molecule has 1 amide bonds. The second-order valence-corrected chi connectivity index (χ2v) is 7.00. The minimum Gasteiger partial charge on any atom is -0.393 e. The van der Waals surface area contributed by atoms with Crippen LogP contribution in [0.5, 0.6) is 0 Å². The zero-order chi connectivity index (χ0) is 22.0. The Bertz CT molecular complexity index is 712. The Kier molecular flexibility index (Phi) is 13.3. The molecule has 0 aliphatic heterocycles. The number of nitro benzene ring substituents is 1. The topological polar surface area (TPSA) is 110 Å². The smallest absolute Gasteiger partial charge is 0.294 e. The van der Waals surface area contributed by atoms with Crippen LogP contribution in [0.15, 0.2) is 54.6 Å². The molecule has 2 rings (SSSR count). The highest BCUT2D eigenvalue weighted by molar-refractivity contribution is 5.91. The van der Waals surface area contributed by atoms with Crippen LogP contribution < -0.4 is 16.4 Å². The van der Waals surface area contributed by atoms with Gasteiger partial charge in [-0.2, -0.15) is 0 Å². The maximum Gasteiger partial charge on any atom is 0.294 e. The van der Waals surface area contributed by atoms with Gasteiger partial charge in [0.05, 0.1) is 4.92 Å². The number of nitrogens with two attached hydrogens (primary N) is 1. The lowest BCUT2D eigenvalue weighted by Crippen LogP contribution is -2.22. The summed E-state index contributed by atoms with van der Waals surface area (Å²) in [6, 6.07) is 16.3. The van der Waals surface area contributed by atoms with Crippen molar-refractivity contribution >= 4 is 23.0 Å². The summed E-state index contributed by atoms with van der Waals surface area (Å²) in [7, 11) is 0. The van der Waals surface area contributed by atoms with Gasteiger partial charge >= 0.3 is 0 Å². The van der Waals surface area contributed by atoms with Crippen LogP contribution in [0.3, 0.4) is 0 Å². The van der Waals surface area contributed by atoms with E-state index >= 15 is 0 Å². The molecular weight excluding hydrogens is 380 g/mol. The molecule has 7 heteroatoms. The molecule has 7 nitrogen and oxygen atoms in total. The summed E-state index contributed by atoms with van der Waals surface area (Å²) >= 11 is 0. The number of hydrogen-bond acceptors (Lipinski definition) is 5. The summed E-state index contributed by atoms with van der Waals surface area (Å²) in [5.41, 5.74) is 5.79. The Labute approximate surface area is 179 Å². The largest absolute Gasteiger partial charge is 0.393 e. The van der Waals surface area contributed by atoms with Crippen molar-refractivity contribution < 1.29 is 9.72 Å². The van der Waals surface area contributed by atoms with Gasteiger partial charge in [-0.3, -0.25) is 14.9 Å². The van der Waals surface area contributed by atoms with Crippen LogP contribution in [-0.2, 0) is 4.79 Å². The quantitative estimate of drug-likeness (QED) is 0.193. The van der Waals surface area contributed by atoms with E-state index in [1.807, 2.05) is 36.4 Å². The summed E-state index contributed by atoms with van der Waals surface area (Å²) in [6.07, 6.45) is 7.79. The lowest BCUT2D eigenvalue weighted by Gasteiger charge is -2.07. The van der Waals surface area contributed by atoms with Crippen molar-refractivity contribution in [2.45, 2.75) is 51.9 Å². The number of unbranched alkanes of at least 4 members (excludes halogenated alkanes) is 5. The molecule has 0 saturated carbocycles. The van der Waals surface area contributed by atoms with Crippen LogP contribution in [0.1, 0.15) is 51.9 Å². The summed E-state index contributed by atoms with van der Waals surface area (Å²) < 4.78 is 0. The molecule has 0 heterocycles. The van der Waals surface area contributed by atoms with E-state index in [2.05, 4.69) is 17.6 Å². The average Bonchev–Trinajstić information content (AvgIpc) is 2.75. The zero-order valence-electron chi connectivity index (χ0n) is 17.8.